The van der Waals surface area contributed by atoms with Crippen molar-refractivity contribution in [2.45, 2.75) is 38.3 Å². The maximum absolute atomic E-state index is 12.2. The van der Waals surface area contributed by atoms with Gasteiger partial charge in [-0.25, -0.2) is 0 Å². The first-order valence-corrected chi connectivity index (χ1v) is 6.47. The van der Waals surface area contributed by atoms with Crippen LogP contribution in [0.1, 0.15) is 37.2 Å². The number of furan rings is 1. The molecule has 5 heteroatoms. The number of carbonyl (C=O) groups excluding carboxylic acids is 1. The third-order valence-corrected chi connectivity index (χ3v) is 3.54. The summed E-state index contributed by atoms with van der Waals surface area (Å²) < 4.78 is 5.80. The summed E-state index contributed by atoms with van der Waals surface area (Å²) in [6, 6.07) is 3.20. The van der Waals surface area contributed by atoms with E-state index in [1.54, 1.807) is 30.9 Å². The molecule has 0 saturated carbocycles. The van der Waals surface area contributed by atoms with Crippen LogP contribution in [0.2, 0.25) is 0 Å². The Kier molecular flexibility index (Phi) is 3.32. The van der Waals surface area contributed by atoms with Crippen molar-refractivity contribution in [1.82, 2.24) is 4.90 Å². The highest BCUT2D eigenvalue weighted by Gasteiger charge is 2.39. The third kappa shape index (κ3) is 2.55. The first kappa shape index (κ1) is 12.6. The van der Waals surface area contributed by atoms with Crippen molar-refractivity contribution in [3.05, 3.63) is 22.6 Å². The Balaban J connectivity index is 2.19. The van der Waals surface area contributed by atoms with Crippen LogP contribution >= 0.6 is 15.9 Å². The molecule has 0 aliphatic carbocycles. The van der Waals surface area contributed by atoms with E-state index in [2.05, 4.69) is 15.9 Å². The molecule has 17 heavy (non-hydrogen) atoms. The molecule has 2 heterocycles. The largest absolute Gasteiger partial charge is 0.444 e. The summed E-state index contributed by atoms with van der Waals surface area (Å²) in [5, 5.41) is 10.1. The number of nitrogens with zero attached hydrogens (tertiary/aromatic N) is 1. The number of aliphatic hydroxyl groups is 1. The van der Waals surface area contributed by atoms with Crippen molar-refractivity contribution in [3.63, 3.8) is 0 Å². The fraction of sp³-hybridized carbons (Fsp3) is 0.583. The SMILES string of the molecule is CC(C)(O)C1CCCN1C(=O)c1ccc(Br)o1. The monoisotopic (exact) mass is 301 g/mol. The Hall–Kier alpha value is -0.810. The summed E-state index contributed by atoms with van der Waals surface area (Å²) in [6.45, 7) is 4.15. The first-order chi connectivity index (χ1) is 7.89. The van der Waals surface area contributed by atoms with E-state index in [9.17, 15) is 9.90 Å². The van der Waals surface area contributed by atoms with E-state index in [1.807, 2.05) is 0 Å². The third-order valence-electron chi connectivity index (χ3n) is 3.11. The molecule has 1 aliphatic rings. The zero-order chi connectivity index (χ0) is 12.6. The van der Waals surface area contributed by atoms with Gasteiger partial charge in [-0.15, -0.1) is 0 Å². The second kappa shape index (κ2) is 4.46. The van der Waals surface area contributed by atoms with Crippen LogP contribution in [0, 0.1) is 0 Å². The first-order valence-electron chi connectivity index (χ1n) is 5.68. The van der Waals surface area contributed by atoms with Gasteiger partial charge in [0.15, 0.2) is 10.4 Å². The van der Waals surface area contributed by atoms with Gasteiger partial charge in [0.1, 0.15) is 0 Å². The predicted octanol–water partition coefficient (Wildman–Crippen LogP) is 2.42. The molecule has 2 rings (SSSR count). The Labute approximate surface area is 109 Å². The lowest BCUT2D eigenvalue weighted by molar-refractivity contribution is -0.000799. The minimum atomic E-state index is -0.879. The van der Waals surface area contributed by atoms with E-state index in [4.69, 9.17) is 4.42 Å². The van der Waals surface area contributed by atoms with Gasteiger partial charge in [-0.3, -0.25) is 4.79 Å². The summed E-state index contributed by atoms with van der Waals surface area (Å²) in [5.41, 5.74) is -0.879. The highest BCUT2D eigenvalue weighted by atomic mass is 79.9. The molecule has 0 aromatic carbocycles. The molecule has 1 aromatic rings. The Bertz CT molecular complexity index is 422. The molecule has 1 aromatic heterocycles. The number of hydrogen-bond acceptors (Lipinski definition) is 3. The fourth-order valence-corrected chi connectivity index (χ4v) is 2.62. The van der Waals surface area contributed by atoms with Gasteiger partial charge >= 0.3 is 0 Å². The van der Waals surface area contributed by atoms with E-state index in [0.717, 1.165) is 12.8 Å². The van der Waals surface area contributed by atoms with Gasteiger partial charge in [-0.2, -0.15) is 0 Å². The van der Waals surface area contributed by atoms with Crippen LogP contribution in [0.25, 0.3) is 0 Å². The van der Waals surface area contributed by atoms with E-state index >= 15 is 0 Å². The topological polar surface area (TPSA) is 53.7 Å². The fourth-order valence-electron chi connectivity index (χ4n) is 2.32. The summed E-state index contributed by atoms with van der Waals surface area (Å²) in [7, 11) is 0. The molecule has 1 aliphatic heterocycles. The number of hydrogen-bond donors (Lipinski definition) is 1. The van der Waals surface area contributed by atoms with Gasteiger partial charge in [0.2, 0.25) is 0 Å². The average molecular weight is 302 g/mol. The molecule has 1 saturated heterocycles. The van der Waals surface area contributed by atoms with Crippen LogP contribution in [0.5, 0.6) is 0 Å². The van der Waals surface area contributed by atoms with Crippen LogP contribution < -0.4 is 0 Å². The summed E-state index contributed by atoms with van der Waals surface area (Å²) >= 11 is 3.18. The predicted molar refractivity (Wildman–Crippen MR) is 66.8 cm³/mol. The smallest absolute Gasteiger partial charge is 0.289 e. The number of rotatable bonds is 2. The number of amides is 1. The minimum Gasteiger partial charge on any atom is -0.444 e. The zero-order valence-corrected chi connectivity index (χ0v) is 11.5. The number of halogens is 1. The standard InChI is InChI=1S/C12H16BrNO3/c1-12(2,16)9-4-3-7-14(9)11(15)8-5-6-10(13)17-8/h5-6,9,16H,3-4,7H2,1-2H3. The maximum Gasteiger partial charge on any atom is 0.289 e. The maximum atomic E-state index is 12.2. The van der Waals surface area contributed by atoms with Crippen molar-refractivity contribution in [2.24, 2.45) is 0 Å². The molecule has 0 bridgehead atoms. The molecule has 94 valence electrons. The highest BCUT2D eigenvalue weighted by Crippen LogP contribution is 2.28. The quantitative estimate of drug-likeness (QED) is 0.913. The molecule has 1 fully saturated rings. The van der Waals surface area contributed by atoms with Gasteiger partial charge in [0.05, 0.1) is 11.6 Å². The van der Waals surface area contributed by atoms with E-state index < -0.39 is 5.60 Å². The second-order valence-electron chi connectivity index (χ2n) is 4.91. The van der Waals surface area contributed by atoms with Gasteiger partial charge < -0.3 is 14.4 Å². The van der Waals surface area contributed by atoms with E-state index in [-0.39, 0.29) is 11.9 Å². The molecule has 1 amide bonds. The number of likely N-dealkylation sites (tertiary alicyclic amines) is 1. The lowest BCUT2D eigenvalue weighted by atomic mass is 9.96. The van der Waals surface area contributed by atoms with Gasteiger partial charge in [0, 0.05) is 6.54 Å². The molecule has 0 radical (unpaired) electrons. The van der Waals surface area contributed by atoms with Crippen molar-refractivity contribution in [3.8, 4) is 0 Å². The lowest BCUT2D eigenvalue weighted by Gasteiger charge is -2.33. The minimum absolute atomic E-state index is 0.140. The van der Waals surface area contributed by atoms with Crippen molar-refractivity contribution < 1.29 is 14.3 Å². The lowest BCUT2D eigenvalue weighted by Crippen LogP contribution is -2.48. The van der Waals surface area contributed by atoms with Gasteiger partial charge in [-0.1, -0.05) is 0 Å². The van der Waals surface area contributed by atoms with Crippen LogP contribution in [0.15, 0.2) is 21.2 Å². The van der Waals surface area contributed by atoms with Gasteiger partial charge in [-0.05, 0) is 54.8 Å². The second-order valence-corrected chi connectivity index (χ2v) is 5.70. The van der Waals surface area contributed by atoms with Crippen LogP contribution in [-0.2, 0) is 0 Å². The van der Waals surface area contributed by atoms with Crippen LogP contribution in [0.4, 0.5) is 0 Å². The zero-order valence-electron chi connectivity index (χ0n) is 9.94. The molecule has 4 nitrogen and oxygen atoms in total. The van der Waals surface area contributed by atoms with Crippen molar-refractivity contribution >= 4 is 21.8 Å². The summed E-state index contributed by atoms with van der Waals surface area (Å²) in [5.74, 6) is 0.161. The van der Waals surface area contributed by atoms with E-state index in [0.29, 0.717) is 17.0 Å². The summed E-state index contributed by atoms with van der Waals surface area (Å²) in [6.07, 6.45) is 1.75. The van der Waals surface area contributed by atoms with Crippen LogP contribution in [0.3, 0.4) is 0 Å². The van der Waals surface area contributed by atoms with Crippen molar-refractivity contribution in [2.75, 3.05) is 6.54 Å². The average Bonchev–Trinajstić information content (AvgIpc) is 2.83. The van der Waals surface area contributed by atoms with Crippen molar-refractivity contribution in [1.29, 1.82) is 0 Å². The molecular weight excluding hydrogens is 286 g/mol. The number of carbonyl (C=O) groups is 1. The normalized spacial score (nSPS) is 20.9. The van der Waals surface area contributed by atoms with Gasteiger partial charge in [0.25, 0.3) is 5.91 Å². The van der Waals surface area contributed by atoms with E-state index in [1.165, 1.54) is 0 Å². The molecule has 1 atom stereocenters. The molecular formula is C12H16BrNO3. The molecule has 0 spiro atoms. The Morgan fingerprint density at radius 2 is 2.29 bits per heavy atom. The highest BCUT2D eigenvalue weighted by molar-refractivity contribution is 9.10. The summed E-state index contributed by atoms with van der Waals surface area (Å²) in [4.78, 5) is 13.9. The molecule has 1 N–H and O–H groups in total. The van der Waals surface area contributed by atoms with Crippen LogP contribution in [-0.4, -0.2) is 34.1 Å². The Morgan fingerprint density at radius 3 is 2.82 bits per heavy atom. The Morgan fingerprint density at radius 1 is 1.59 bits per heavy atom. The molecule has 1 unspecified atom stereocenters.